The topological polar surface area (TPSA) is 83.1 Å². The highest BCUT2D eigenvalue weighted by molar-refractivity contribution is 4.62. The lowest BCUT2D eigenvalue weighted by Gasteiger charge is -2.25. The summed E-state index contributed by atoms with van der Waals surface area (Å²) < 4.78 is 53.6. The third kappa shape index (κ3) is 79.6. The lowest BCUT2D eigenvalue weighted by atomic mass is 9.98. The maximum Gasteiger partial charge on any atom is 0.160 e. The third-order valence-corrected chi connectivity index (χ3v) is 20.6. The Bertz CT molecular complexity index is 1370. The molecule has 588 valence electrons. The van der Waals surface area contributed by atoms with Crippen LogP contribution in [-0.2, 0) is 42.6 Å². The average Bonchev–Trinajstić information content (AvgIpc) is 2.69. The standard InChI is InChI=1S/C34H70O3.C29H60O3.C25H52O3/c1-7-12-13-14-15-19-22-25-28-32(9-3)30-36-34(11-5)37-33(10-4)35-29-26-23-20-17-16-18-21-24-27-31(6)8-2;1-6-10-11-12-13-14-15-19-22-28(8-3)26-32-29(9-4)31-25-24-30-23-20-17-16-18-21-27(5)7-2;1-5-8-9-10-11-12-14-18-21-27-25(7-3)28-23-22-26-20-17-15-13-16-19-24(4)6-2/h31-34H,7-30H2,1-6H3;27-29H,6-26H2,1-5H3;24-25H,5-23H2,1-4H3. The monoisotopic (exact) mass is 1380 g/mol. The van der Waals surface area contributed by atoms with Crippen molar-refractivity contribution in [3.8, 4) is 0 Å². The maximum absolute atomic E-state index is 6.22. The molecule has 0 radical (unpaired) electrons. The van der Waals surface area contributed by atoms with Crippen LogP contribution in [0.4, 0.5) is 0 Å². The molecule has 0 N–H and O–H groups in total. The molecular formula is C88H182O9. The summed E-state index contributed by atoms with van der Waals surface area (Å²) in [7, 11) is 0. The zero-order valence-electron chi connectivity index (χ0n) is 69.1. The molecule has 0 spiro atoms. The van der Waals surface area contributed by atoms with Crippen molar-refractivity contribution in [1.29, 1.82) is 0 Å². The quantitative estimate of drug-likeness (QED) is 0.0437. The highest BCUT2D eigenvalue weighted by Crippen LogP contribution is 2.22. The van der Waals surface area contributed by atoms with Gasteiger partial charge in [-0.15, -0.1) is 0 Å². The van der Waals surface area contributed by atoms with Gasteiger partial charge in [-0.3, -0.25) is 0 Å². The maximum atomic E-state index is 6.22. The summed E-state index contributed by atoms with van der Waals surface area (Å²) in [5.41, 5.74) is 0. The first kappa shape index (κ1) is 101. The molecule has 0 heterocycles. The van der Waals surface area contributed by atoms with E-state index in [4.69, 9.17) is 42.6 Å². The molecule has 0 aromatic carbocycles. The van der Waals surface area contributed by atoms with E-state index in [1.165, 1.54) is 308 Å². The van der Waals surface area contributed by atoms with Gasteiger partial charge in [-0.2, -0.15) is 0 Å². The van der Waals surface area contributed by atoms with Crippen LogP contribution in [-0.4, -0.2) is 91.2 Å². The van der Waals surface area contributed by atoms with E-state index in [1.54, 1.807) is 0 Å². The fourth-order valence-electron chi connectivity index (χ4n) is 12.4. The van der Waals surface area contributed by atoms with Gasteiger partial charge in [0.1, 0.15) is 0 Å². The molecule has 0 aliphatic rings. The van der Waals surface area contributed by atoms with Gasteiger partial charge in [0.15, 0.2) is 25.2 Å². The minimum absolute atomic E-state index is 0.0614. The van der Waals surface area contributed by atoms with Gasteiger partial charge in [0.2, 0.25) is 0 Å². The van der Waals surface area contributed by atoms with Crippen molar-refractivity contribution in [2.75, 3.05) is 66.1 Å². The van der Waals surface area contributed by atoms with Crippen molar-refractivity contribution in [2.24, 2.45) is 29.6 Å². The molecule has 0 bridgehead atoms. The summed E-state index contributed by atoms with van der Waals surface area (Å²) in [5, 5.41) is 0. The molecule has 0 fully saturated rings. The van der Waals surface area contributed by atoms with Gasteiger partial charge in [0.05, 0.1) is 39.6 Å². The second-order valence-electron chi connectivity index (χ2n) is 30.0. The van der Waals surface area contributed by atoms with E-state index in [0.717, 1.165) is 95.9 Å². The summed E-state index contributed by atoms with van der Waals surface area (Å²) in [6.45, 7) is 41.6. The molecule has 0 aromatic heterocycles. The van der Waals surface area contributed by atoms with E-state index in [2.05, 4.69) is 104 Å². The zero-order chi connectivity index (χ0) is 71.8. The summed E-state index contributed by atoms with van der Waals surface area (Å²) >= 11 is 0. The number of rotatable bonds is 79. The van der Waals surface area contributed by atoms with E-state index in [0.29, 0.717) is 38.3 Å². The van der Waals surface area contributed by atoms with Crippen molar-refractivity contribution >= 4 is 0 Å². The van der Waals surface area contributed by atoms with Gasteiger partial charge in [-0.05, 0) is 93.8 Å². The largest absolute Gasteiger partial charge is 0.379 e. The molecule has 0 aromatic rings. The molecule has 9 atom stereocenters. The summed E-state index contributed by atoms with van der Waals surface area (Å²) in [6.07, 6.45) is 70.3. The van der Waals surface area contributed by atoms with E-state index < -0.39 is 0 Å². The fourth-order valence-corrected chi connectivity index (χ4v) is 12.4. The molecule has 0 aliphatic heterocycles. The molecule has 9 unspecified atom stereocenters. The van der Waals surface area contributed by atoms with Crippen LogP contribution in [0.25, 0.3) is 0 Å². The van der Waals surface area contributed by atoms with Crippen molar-refractivity contribution in [2.45, 2.75) is 476 Å². The first-order valence-electron chi connectivity index (χ1n) is 44.0. The van der Waals surface area contributed by atoms with E-state index in [9.17, 15) is 0 Å². The van der Waals surface area contributed by atoms with Crippen LogP contribution in [0.5, 0.6) is 0 Å². The van der Waals surface area contributed by atoms with E-state index in [1.807, 2.05) is 0 Å². The lowest BCUT2D eigenvalue weighted by Crippen LogP contribution is -2.28. The van der Waals surface area contributed by atoms with Crippen molar-refractivity contribution < 1.29 is 42.6 Å². The average molecular weight is 1380 g/mol. The Morgan fingerprint density at radius 3 is 0.722 bits per heavy atom. The van der Waals surface area contributed by atoms with Crippen molar-refractivity contribution in [1.82, 2.24) is 0 Å². The van der Waals surface area contributed by atoms with E-state index >= 15 is 0 Å². The van der Waals surface area contributed by atoms with Crippen LogP contribution in [0.2, 0.25) is 0 Å². The molecule has 0 saturated carbocycles. The van der Waals surface area contributed by atoms with Crippen LogP contribution < -0.4 is 0 Å². The number of unbranched alkanes of at least 4 members (excludes halogenated alkanes) is 34. The number of hydrogen-bond donors (Lipinski definition) is 0. The summed E-state index contributed by atoms with van der Waals surface area (Å²) in [4.78, 5) is 0. The minimum Gasteiger partial charge on any atom is -0.379 e. The lowest BCUT2D eigenvalue weighted by molar-refractivity contribution is -0.249. The molecule has 97 heavy (non-hydrogen) atoms. The van der Waals surface area contributed by atoms with Gasteiger partial charge in [0, 0.05) is 26.4 Å². The normalized spacial score (nSPS) is 14.5. The Morgan fingerprint density at radius 1 is 0.186 bits per heavy atom. The Morgan fingerprint density at radius 2 is 0.423 bits per heavy atom. The second-order valence-corrected chi connectivity index (χ2v) is 30.0. The Hall–Kier alpha value is -0.360. The van der Waals surface area contributed by atoms with Crippen molar-refractivity contribution in [3.05, 3.63) is 0 Å². The Balaban J connectivity index is -0.00000138. The van der Waals surface area contributed by atoms with E-state index in [-0.39, 0.29) is 25.2 Å². The Kier molecular flexibility index (Phi) is 89.7. The first-order chi connectivity index (χ1) is 47.5. The highest BCUT2D eigenvalue weighted by atomic mass is 16.8. The molecule has 0 saturated heterocycles. The molecule has 0 amide bonds. The molecule has 9 nitrogen and oxygen atoms in total. The van der Waals surface area contributed by atoms with Crippen LogP contribution >= 0.6 is 0 Å². The third-order valence-electron chi connectivity index (χ3n) is 20.6. The van der Waals surface area contributed by atoms with Gasteiger partial charge in [0.25, 0.3) is 0 Å². The first-order valence-corrected chi connectivity index (χ1v) is 44.0. The highest BCUT2D eigenvalue weighted by Gasteiger charge is 2.18. The smallest absolute Gasteiger partial charge is 0.160 e. The van der Waals surface area contributed by atoms with Gasteiger partial charge < -0.3 is 42.6 Å². The van der Waals surface area contributed by atoms with Gasteiger partial charge >= 0.3 is 0 Å². The van der Waals surface area contributed by atoms with Crippen LogP contribution in [0.3, 0.4) is 0 Å². The number of hydrogen-bond acceptors (Lipinski definition) is 9. The SMILES string of the molecule is CCCCCCCCCCC(CC)COC(CC)OC(CC)OCCCCCCCCCCC(C)CC.CCCCCCCCCCC(CC)COC(CC)OCCOCCCCCCC(C)CC.CCCCCCCCCCOC(CC)OCCOCCCCCCC(C)CC. The van der Waals surface area contributed by atoms with Crippen molar-refractivity contribution in [3.63, 3.8) is 0 Å². The zero-order valence-corrected chi connectivity index (χ0v) is 69.1. The van der Waals surface area contributed by atoms with Gasteiger partial charge in [-0.25, -0.2) is 0 Å². The molecule has 0 aliphatic carbocycles. The van der Waals surface area contributed by atoms with Crippen LogP contribution in [0, 0.1) is 29.6 Å². The fraction of sp³-hybridized carbons (Fsp3) is 1.00. The minimum atomic E-state index is -0.141. The predicted octanol–water partition coefficient (Wildman–Crippen LogP) is 28.9. The molecule has 9 heteroatoms. The van der Waals surface area contributed by atoms with Crippen LogP contribution in [0.1, 0.15) is 451 Å². The number of ether oxygens (including phenoxy) is 9. The molecule has 0 rings (SSSR count). The Labute approximate surface area is 611 Å². The second kappa shape index (κ2) is 86.3. The summed E-state index contributed by atoms with van der Waals surface area (Å²) in [5.74, 6) is 4.00. The summed E-state index contributed by atoms with van der Waals surface area (Å²) in [6, 6.07) is 0. The molecular weight excluding hydrogens is 1200 g/mol. The predicted molar refractivity (Wildman–Crippen MR) is 425 cm³/mol. The van der Waals surface area contributed by atoms with Gasteiger partial charge in [-0.1, -0.05) is 386 Å². The van der Waals surface area contributed by atoms with Crippen LogP contribution in [0.15, 0.2) is 0 Å².